The van der Waals surface area contributed by atoms with Crippen molar-refractivity contribution in [1.82, 2.24) is 4.72 Å². The van der Waals surface area contributed by atoms with Crippen LogP contribution in [-0.2, 0) is 14.8 Å². The third kappa shape index (κ3) is 4.47. The number of carbonyl (C=O) groups is 2. The number of carbonyl (C=O) groups excluding carboxylic acids is 1. The smallest absolute Gasteiger partial charge is 0.321 e. The molecule has 0 spiro atoms. The Morgan fingerprint density at radius 1 is 1.14 bits per heavy atom. The fourth-order valence-electron chi connectivity index (χ4n) is 2.33. The molecule has 0 fully saturated rings. The number of halogens is 2. The maximum atomic E-state index is 12.5. The number of primary amides is 1. The van der Waals surface area contributed by atoms with Crippen molar-refractivity contribution in [2.24, 2.45) is 5.73 Å². The summed E-state index contributed by atoms with van der Waals surface area (Å²) in [4.78, 5) is 21.3. The van der Waals surface area contributed by atoms with Crippen molar-refractivity contribution in [1.29, 1.82) is 0 Å². The van der Waals surface area contributed by atoms with Crippen LogP contribution in [0.15, 0.2) is 35.2 Å². The number of carboxylic acid groups (broad SMARTS) is 1. The zero-order valence-electron chi connectivity index (χ0n) is 14.2. The van der Waals surface area contributed by atoms with E-state index in [0.29, 0.717) is 0 Å². The van der Waals surface area contributed by atoms with Crippen molar-refractivity contribution < 1.29 is 28.2 Å². The fraction of sp³-hybridized carbons (Fsp3) is 0.125. The second kappa shape index (κ2) is 8.23. The minimum Gasteiger partial charge on any atom is -0.506 e. The molecule has 28 heavy (non-hydrogen) atoms. The number of anilines is 1. The van der Waals surface area contributed by atoms with Crippen LogP contribution in [0.3, 0.4) is 0 Å². The van der Waals surface area contributed by atoms with Gasteiger partial charge in [0.05, 0.1) is 15.7 Å². The molecule has 0 aromatic heterocycles. The Morgan fingerprint density at radius 2 is 1.79 bits per heavy atom. The first kappa shape index (κ1) is 21.8. The van der Waals surface area contributed by atoms with Gasteiger partial charge in [0.2, 0.25) is 10.0 Å². The van der Waals surface area contributed by atoms with Crippen LogP contribution in [0.2, 0.25) is 10.0 Å². The number of sulfonamides is 1. The zero-order chi connectivity index (χ0) is 21.2. The number of hydrogen-bond donors (Lipinski definition) is 5. The number of phenols is 1. The van der Waals surface area contributed by atoms with E-state index in [1.165, 1.54) is 30.3 Å². The summed E-state index contributed by atoms with van der Waals surface area (Å²) in [6.07, 6.45) is 0. The normalized spacial score (nSPS) is 12.4. The molecule has 150 valence electrons. The van der Waals surface area contributed by atoms with E-state index < -0.39 is 38.7 Å². The molecule has 6 N–H and O–H groups in total. The van der Waals surface area contributed by atoms with Crippen LogP contribution in [0, 0.1) is 0 Å². The number of hydrogen-bond acceptors (Lipinski definition) is 5. The molecule has 0 aliphatic rings. The minimum atomic E-state index is -4.48. The monoisotopic (exact) mass is 447 g/mol. The van der Waals surface area contributed by atoms with E-state index in [2.05, 4.69) is 5.32 Å². The van der Waals surface area contributed by atoms with Crippen molar-refractivity contribution in [3.8, 4) is 16.9 Å². The van der Waals surface area contributed by atoms with Crippen LogP contribution >= 0.6 is 23.2 Å². The topological polar surface area (TPSA) is 159 Å². The number of aromatic hydroxyl groups is 1. The number of benzene rings is 2. The molecule has 0 radical (unpaired) electrons. The van der Waals surface area contributed by atoms with Crippen LogP contribution in [0.1, 0.15) is 6.92 Å². The van der Waals surface area contributed by atoms with Gasteiger partial charge in [0.15, 0.2) is 0 Å². The molecule has 1 unspecified atom stereocenters. The van der Waals surface area contributed by atoms with Crippen LogP contribution in [0.5, 0.6) is 5.75 Å². The molecule has 2 amide bonds. The highest BCUT2D eigenvalue weighted by Crippen LogP contribution is 2.43. The van der Waals surface area contributed by atoms with E-state index in [9.17, 15) is 23.1 Å². The standard InChI is InChI=1S/C16H15Cl2N3O6S/c1-7(15(23)24)21-28(26,27)14-10(17)6-5-9(13(14)22)8-3-2-4-11(12(8)18)20-16(19)25/h2-7,21-22H,1H3,(H,23,24)(H3,19,20,25). The van der Waals surface area contributed by atoms with Gasteiger partial charge in [0.25, 0.3) is 0 Å². The molecule has 2 rings (SSSR count). The van der Waals surface area contributed by atoms with Crippen LogP contribution in [-0.4, -0.2) is 36.7 Å². The number of carboxylic acids is 1. The molecule has 2 aromatic rings. The third-order valence-electron chi connectivity index (χ3n) is 3.60. The SMILES string of the molecule is CC(NS(=O)(=O)c1c(Cl)ccc(-c2cccc(NC(N)=O)c2Cl)c1O)C(=O)O. The van der Waals surface area contributed by atoms with E-state index in [0.717, 1.165) is 6.92 Å². The van der Waals surface area contributed by atoms with Crippen LogP contribution < -0.4 is 15.8 Å². The van der Waals surface area contributed by atoms with Crippen LogP contribution in [0.25, 0.3) is 11.1 Å². The highest BCUT2D eigenvalue weighted by atomic mass is 35.5. The number of urea groups is 1. The van der Waals surface area contributed by atoms with Gasteiger partial charge in [0, 0.05) is 11.1 Å². The number of nitrogens with two attached hydrogens (primary N) is 1. The Balaban J connectivity index is 2.64. The van der Waals surface area contributed by atoms with Gasteiger partial charge in [-0.25, -0.2) is 13.2 Å². The summed E-state index contributed by atoms with van der Waals surface area (Å²) in [5.74, 6) is -2.15. The van der Waals surface area contributed by atoms with Gasteiger partial charge in [-0.2, -0.15) is 4.72 Å². The maximum absolute atomic E-state index is 12.5. The summed E-state index contributed by atoms with van der Waals surface area (Å²) >= 11 is 12.2. The summed E-state index contributed by atoms with van der Waals surface area (Å²) in [6.45, 7) is 1.12. The average Bonchev–Trinajstić information content (AvgIpc) is 2.56. The van der Waals surface area contributed by atoms with Crippen molar-refractivity contribution in [2.45, 2.75) is 17.9 Å². The first-order valence-electron chi connectivity index (χ1n) is 7.57. The van der Waals surface area contributed by atoms with Crippen molar-refractivity contribution in [3.63, 3.8) is 0 Å². The summed E-state index contributed by atoms with van der Waals surface area (Å²) in [6, 6.07) is 4.64. The molecule has 0 bridgehead atoms. The van der Waals surface area contributed by atoms with Gasteiger partial charge in [-0.15, -0.1) is 0 Å². The molecule has 0 heterocycles. The van der Waals surface area contributed by atoms with Crippen molar-refractivity contribution in [3.05, 3.63) is 40.4 Å². The maximum Gasteiger partial charge on any atom is 0.321 e. The predicted octanol–water partition coefficient (Wildman–Crippen LogP) is 2.61. The Labute approximate surface area is 170 Å². The van der Waals surface area contributed by atoms with E-state index in [1.54, 1.807) is 0 Å². The Bertz CT molecular complexity index is 1060. The summed E-state index contributed by atoms with van der Waals surface area (Å²) in [7, 11) is -4.48. The second-order valence-corrected chi connectivity index (χ2v) is 8.05. The number of rotatable bonds is 6. The van der Waals surface area contributed by atoms with Gasteiger partial charge in [-0.3, -0.25) is 4.79 Å². The lowest BCUT2D eigenvalue weighted by Gasteiger charge is -2.16. The predicted molar refractivity (Wildman–Crippen MR) is 104 cm³/mol. The average molecular weight is 448 g/mol. The highest BCUT2D eigenvalue weighted by molar-refractivity contribution is 7.89. The zero-order valence-corrected chi connectivity index (χ0v) is 16.6. The molecule has 0 saturated carbocycles. The van der Waals surface area contributed by atoms with Crippen molar-refractivity contribution >= 4 is 50.9 Å². The number of phenolic OH excluding ortho intramolecular Hbond substituents is 1. The molecule has 0 saturated heterocycles. The van der Waals surface area contributed by atoms with E-state index in [1.807, 2.05) is 4.72 Å². The van der Waals surface area contributed by atoms with Gasteiger partial charge in [-0.1, -0.05) is 35.3 Å². The first-order valence-corrected chi connectivity index (χ1v) is 9.81. The molecule has 0 aliphatic carbocycles. The Kier molecular flexibility index (Phi) is 6.40. The molecule has 0 aliphatic heterocycles. The lowest BCUT2D eigenvalue weighted by Crippen LogP contribution is -2.38. The Hall–Kier alpha value is -2.53. The van der Waals surface area contributed by atoms with Crippen LogP contribution in [0.4, 0.5) is 10.5 Å². The van der Waals surface area contributed by atoms with Gasteiger partial charge in [0.1, 0.15) is 16.7 Å². The Morgan fingerprint density at radius 3 is 2.36 bits per heavy atom. The lowest BCUT2D eigenvalue weighted by atomic mass is 10.0. The summed E-state index contributed by atoms with van der Waals surface area (Å²) < 4.78 is 27.0. The quantitative estimate of drug-likeness (QED) is 0.457. The molecular weight excluding hydrogens is 433 g/mol. The second-order valence-electron chi connectivity index (χ2n) is 5.61. The number of nitrogens with one attached hydrogen (secondary N) is 2. The molecule has 12 heteroatoms. The molecular formula is C16H15Cl2N3O6S. The largest absolute Gasteiger partial charge is 0.506 e. The minimum absolute atomic E-state index is 0.00543. The van der Waals surface area contributed by atoms with E-state index in [4.69, 9.17) is 34.0 Å². The molecule has 2 aromatic carbocycles. The number of amides is 2. The summed E-state index contributed by atoms with van der Waals surface area (Å²) in [5.41, 5.74) is 5.39. The first-order chi connectivity index (χ1) is 13.0. The number of aliphatic carboxylic acids is 1. The summed E-state index contributed by atoms with van der Waals surface area (Å²) in [5, 5.41) is 21.5. The van der Waals surface area contributed by atoms with Gasteiger partial charge < -0.3 is 21.3 Å². The van der Waals surface area contributed by atoms with E-state index >= 15 is 0 Å². The highest BCUT2D eigenvalue weighted by Gasteiger charge is 2.29. The van der Waals surface area contributed by atoms with E-state index in [-0.39, 0.29) is 26.9 Å². The fourth-order valence-corrected chi connectivity index (χ4v) is 4.44. The van der Waals surface area contributed by atoms with Gasteiger partial charge >= 0.3 is 12.0 Å². The molecule has 9 nitrogen and oxygen atoms in total. The third-order valence-corrected chi connectivity index (χ3v) is 6.05. The lowest BCUT2D eigenvalue weighted by molar-refractivity contribution is -0.138. The van der Waals surface area contributed by atoms with Crippen molar-refractivity contribution in [2.75, 3.05) is 5.32 Å². The van der Waals surface area contributed by atoms with Gasteiger partial charge in [-0.05, 0) is 25.1 Å². The molecule has 1 atom stereocenters.